The molecule has 0 spiro atoms. The molecular weight excluding hydrogens is 378 g/mol. The molecule has 0 unspecified atom stereocenters. The lowest BCUT2D eigenvalue weighted by Crippen LogP contribution is -2.37. The van der Waals surface area contributed by atoms with Crippen molar-refractivity contribution in [2.45, 2.75) is 19.1 Å². The van der Waals surface area contributed by atoms with E-state index in [-0.39, 0.29) is 42.5 Å². The first-order valence-electron chi connectivity index (χ1n) is 9.14. The topological polar surface area (TPSA) is 55.0 Å². The van der Waals surface area contributed by atoms with Crippen LogP contribution >= 0.6 is 0 Å². The van der Waals surface area contributed by atoms with E-state index in [0.29, 0.717) is 17.7 Å². The number of carbonyl (C=O) groups excluding carboxylic acids is 1. The number of halogens is 2. The van der Waals surface area contributed by atoms with E-state index in [4.69, 9.17) is 9.25 Å². The standard InChI is InChI=1S/C22H18F2N2O3/c23-17-8-6-15(7-9-17)13-26(22(27)21-5-2-10-28-21)14-19-12-20(25-29-19)16-3-1-4-18(24)11-16/h1-11,19H,12-14H2/t19-/m0/s1. The molecule has 2 heterocycles. The minimum absolute atomic E-state index is 0.205. The molecule has 148 valence electrons. The second kappa shape index (κ2) is 8.26. The molecule has 0 fully saturated rings. The van der Waals surface area contributed by atoms with Crippen LogP contribution in [0.15, 0.2) is 76.5 Å². The Morgan fingerprint density at radius 2 is 1.90 bits per heavy atom. The lowest BCUT2D eigenvalue weighted by molar-refractivity contribution is 0.0387. The number of hydrogen-bond acceptors (Lipinski definition) is 4. The average molecular weight is 396 g/mol. The second-order valence-electron chi connectivity index (χ2n) is 6.77. The van der Waals surface area contributed by atoms with Crippen LogP contribution in [-0.4, -0.2) is 29.2 Å². The quantitative estimate of drug-likeness (QED) is 0.621. The molecule has 2 aromatic carbocycles. The van der Waals surface area contributed by atoms with Gasteiger partial charge in [0, 0.05) is 18.5 Å². The van der Waals surface area contributed by atoms with E-state index in [1.54, 1.807) is 41.3 Å². The Labute approximate surface area is 166 Å². The second-order valence-corrected chi connectivity index (χ2v) is 6.77. The Balaban J connectivity index is 1.48. The number of furan rings is 1. The third-order valence-electron chi connectivity index (χ3n) is 4.62. The summed E-state index contributed by atoms with van der Waals surface area (Å²) in [6.07, 6.45) is 1.49. The van der Waals surface area contributed by atoms with Gasteiger partial charge < -0.3 is 14.2 Å². The summed E-state index contributed by atoms with van der Waals surface area (Å²) in [4.78, 5) is 19.9. The average Bonchev–Trinajstić information content (AvgIpc) is 3.41. The summed E-state index contributed by atoms with van der Waals surface area (Å²) < 4.78 is 31.9. The van der Waals surface area contributed by atoms with Gasteiger partial charge in [0.05, 0.1) is 18.5 Å². The maximum atomic E-state index is 13.5. The van der Waals surface area contributed by atoms with Crippen molar-refractivity contribution in [3.63, 3.8) is 0 Å². The van der Waals surface area contributed by atoms with Gasteiger partial charge in [-0.25, -0.2) is 8.78 Å². The summed E-state index contributed by atoms with van der Waals surface area (Å²) in [5, 5.41) is 4.06. The van der Waals surface area contributed by atoms with E-state index in [1.165, 1.54) is 30.5 Å². The van der Waals surface area contributed by atoms with Gasteiger partial charge in [-0.05, 0) is 42.0 Å². The lowest BCUT2D eigenvalue weighted by Gasteiger charge is -2.24. The summed E-state index contributed by atoms with van der Waals surface area (Å²) in [7, 11) is 0. The summed E-state index contributed by atoms with van der Waals surface area (Å²) in [6, 6.07) is 15.3. The van der Waals surface area contributed by atoms with E-state index in [9.17, 15) is 13.6 Å². The van der Waals surface area contributed by atoms with Crippen LogP contribution in [0.1, 0.15) is 28.1 Å². The fraction of sp³-hybridized carbons (Fsp3) is 0.182. The molecule has 5 nitrogen and oxygen atoms in total. The molecule has 0 aliphatic carbocycles. The van der Waals surface area contributed by atoms with Gasteiger partial charge in [0.2, 0.25) is 0 Å². The van der Waals surface area contributed by atoms with E-state index >= 15 is 0 Å². The first-order valence-corrected chi connectivity index (χ1v) is 9.14. The van der Waals surface area contributed by atoms with Crippen molar-refractivity contribution >= 4 is 11.6 Å². The maximum Gasteiger partial charge on any atom is 0.289 e. The van der Waals surface area contributed by atoms with Crippen molar-refractivity contribution < 1.29 is 22.8 Å². The van der Waals surface area contributed by atoms with Gasteiger partial charge in [0.1, 0.15) is 11.6 Å². The molecule has 0 N–H and O–H groups in total. The molecule has 1 amide bonds. The van der Waals surface area contributed by atoms with Crippen molar-refractivity contribution in [2.24, 2.45) is 5.16 Å². The Morgan fingerprint density at radius 3 is 2.62 bits per heavy atom. The van der Waals surface area contributed by atoms with Gasteiger partial charge in [-0.15, -0.1) is 0 Å². The van der Waals surface area contributed by atoms with E-state index in [2.05, 4.69) is 5.16 Å². The number of oxime groups is 1. The van der Waals surface area contributed by atoms with Crippen molar-refractivity contribution in [3.05, 3.63) is 95.4 Å². The molecule has 7 heteroatoms. The molecule has 4 rings (SSSR count). The summed E-state index contributed by atoms with van der Waals surface area (Å²) in [5.41, 5.74) is 2.05. The van der Waals surface area contributed by atoms with Crippen molar-refractivity contribution in [1.82, 2.24) is 4.90 Å². The van der Waals surface area contributed by atoms with Crippen LogP contribution in [0.3, 0.4) is 0 Å². The van der Waals surface area contributed by atoms with Crippen LogP contribution in [-0.2, 0) is 11.4 Å². The first kappa shape index (κ1) is 18.9. The zero-order valence-electron chi connectivity index (χ0n) is 15.4. The molecular formula is C22H18F2N2O3. The molecule has 1 aliphatic heterocycles. The van der Waals surface area contributed by atoms with Crippen LogP contribution in [0.2, 0.25) is 0 Å². The number of carbonyl (C=O) groups is 1. The van der Waals surface area contributed by atoms with Crippen LogP contribution in [0.25, 0.3) is 0 Å². The van der Waals surface area contributed by atoms with Gasteiger partial charge >= 0.3 is 0 Å². The molecule has 1 aliphatic rings. The molecule has 1 atom stereocenters. The third kappa shape index (κ3) is 4.51. The van der Waals surface area contributed by atoms with E-state index in [1.807, 2.05) is 0 Å². The van der Waals surface area contributed by atoms with Crippen molar-refractivity contribution in [1.29, 1.82) is 0 Å². The first-order chi connectivity index (χ1) is 14.1. The van der Waals surface area contributed by atoms with Crippen LogP contribution in [0, 0.1) is 11.6 Å². The predicted molar refractivity (Wildman–Crippen MR) is 102 cm³/mol. The Kier molecular flexibility index (Phi) is 5.37. The van der Waals surface area contributed by atoms with Crippen LogP contribution in [0.4, 0.5) is 8.78 Å². The number of rotatable bonds is 6. The number of nitrogens with zero attached hydrogens (tertiary/aromatic N) is 2. The molecule has 0 saturated carbocycles. The number of amides is 1. The SMILES string of the molecule is O=C(c1ccco1)N(Cc1ccc(F)cc1)C[C@@H]1CC(c2cccc(F)c2)=NO1. The predicted octanol–water partition coefficient (Wildman–Crippen LogP) is 4.39. The van der Waals surface area contributed by atoms with Gasteiger partial charge in [0.25, 0.3) is 5.91 Å². The fourth-order valence-electron chi connectivity index (χ4n) is 3.20. The van der Waals surface area contributed by atoms with Gasteiger partial charge in [-0.1, -0.05) is 29.4 Å². The highest BCUT2D eigenvalue weighted by Gasteiger charge is 2.28. The Morgan fingerprint density at radius 1 is 1.07 bits per heavy atom. The lowest BCUT2D eigenvalue weighted by atomic mass is 10.0. The summed E-state index contributed by atoms with van der Waals surface area (Å²) >= 11 is 0. The normalized spacial score (nSPS) is 15.7. The molecule has 1 aromatic heterocycles. The van der Waals surface area contributed by atoms with Crippen LogP contribution < -0.4 is 0 Å². The molecule has 3 aromatic rings. The number of hydrogen-bond donors (Lipinski definition) is 0. The number of benzene rings is 2. The summed E-state index contributed by atoms with van der Waals surface area (Å²) in [6.45, 7) is 0.508. The summed E-state index contributed by atoms with van der Waals surface area (Å²) in [5.74, 6) is -0.789. The van der Waals surface area contributed by atoms with Crippen molar-refractivity contribution in [3.8, 4) is 0 Å². The van der Waals surface area contributed by atoms with Gasteiger partial charge in [-0.3, -0.25) is 4.79 Å². The monoisotopic (exact) mass is 396 g/mol. The molecule has 0 bridgehead atoms. The largest absolute Gasteiger partial charge is 0.459 e. The maximum absolute atomic E-state index is 13.5. The minimum atomic E-state index is -0.382. The zero-order valence-corrected chi connectivity index (χ0v) is 15.4. The third-order valence-corrected chi connectivity index (χ3v) is 4.62. The van der Waals surface area contributed by atoms with Gasteiger partial charge in [-0.2, -0.15) is 0 Å². The Bertz CT molecular complexity index is 1020. The van der Waals surface area contributed by atoms with Gasteiger partial charge in [0.15, 0.2) is 11.9 Å². The molecule has 0 radical (unpaired) electrons. The smallest absolute Gasteiger partial charge is 0.289 e. The molecule has 29 heavy (non-hydrogen) atoms. The van der Waals surface area contributed by atoms with Crippen molar-refractivity contribution in [2.75, 3.05) is 6.54 Å². The van der Waals surface area contributed by atoms with E-state index in [0.717, 1.165) is 5.56 Å². The highest BCUT2D eigenvalue weighted by Crippen LogP contribution is 2.20. The van der Waals surface area contributed by atoms with E-state index < -0.39 is 0 Å². The zero-order chi connectivity index (χ0) is 20.2. The van der Waals surface area contributed by atoms with Crippen LogP contribution in [0.5, 0.6) is 0 Å². The fourth-order valence-corrected chi connectivity index (χ4v) is 3.20. The minimum Gasteiger partial charge on any atom is -0.459 e. The molecule has 0 saturated heterocycles. The Hall–Kier alpha value is -3.48. The highest BCUT2D eigenvalue weighted by molar-refractivity contribution is 6.01. The highest BCUT2D eigenvalue weighted by atomic mass is 19.1.